The predicted molar refractivity (Wildman–Crippen MR) is 119 cm³/mol. The molecule has 1 N–H and O–H groups in total. The lowest BCUT2D eigenvalue weighted by atomic mass is 9.89. The van der Waals surface area contributed by atoms with E-state index in [0.29, 0.717) is 12.5 Å². The molecule has 0 saturated carbocycles. The van der Waals surface area contributed by atoms with Crippen LogP contribution in [0.15, 0.2) is 23.0 Å². The van der Waals surface area contributed by atoms with E-state index < -0.39 is 0 Å². The Morgan fingerprint density at radius 1 is 1.41 bits per heavy atom. The monoisotopic (exact) mass is 411 g/mol. The molecule has 2 atom stereocenters. The summed E-state index contributed by atoms with van der Waals surface area (Å²) in [5.41, 5.74) is 3.57. The molecule has 1 aromatic carbocycles. The van der Waals surface area contributed by atoms with Crippen molar-refractivity contribution in [3.05, 3.63) is 55.9 Å². The smallest absolute Gasteiger partial charge is 0.259 e. The molecule has 2 heterocycles. The van der Waals surface area contributed by atoms with Gasteiger partial charge in [-0.2, -0.15) is 0 Å². The molecule has 0 aliphatic heterocycles. The van der Waals surface area contributed by atoms with E-state index in [1.807, 2.05) is 6.07 Å². The number of fused-ring (bicyclic) bond motifs is 3. The van der Waals surface area contributed by atoms with Crippen molar-refractivity contribution >= 4 is 21.6 Å². The topological polar surface area (TPSA) is 58.2 Å². The molecule has 4 rings (SSSR count). The van der Waals surface area contributed by atoms with Gasteiger partial charge in [-0.15, -0.1) is 11.3 Å². The van der Waals surface area contributed by atoms with E-state index in [1.165, 1.54) is 16.0 Å². The van der Waals surface area contributed by atoms with Crippen LogP contribution in [0.3, 0.4) is 0 Å². The number of hydrogen-bond acceptors (Lipinski definition) is 5. The zero-order chi connectivity index (χ0) is 20.7. The Labute approximate surface area is 175 Å². The molecule has 0 amide bonds. The maximum Gasteiger partial charge on any atom is 0.259 e. The van der Waals surface area contributed by atoms with E-state index in [1.54, 1.807) is 18.4 Å². The van der Waals surface area contributed by atoms with Crippen LogP contribution in [0, 0.1) is 12.8 Å². The Hall–Kier alpha value is -2.18. The van der Waals surface area contributed by atoms with Crippen molar-refractivity contribution in [3.63, 3.8) is 0 Å². The first-order chi connectivity index (χ1) is 13.9. The fourth-order valence-corrected chi connectivity index (χ4v) is 5.60. The number of benzene rings is 1. The molecule has 1 aliphatic rings. The van der Waals surface area contributed by atoms with Gasteiger partial charge in [0.15, 0.2) is 0 Å². The number of hydrogen-bond donors (Lipinski definition) is 1. The summed E-state index contributed by atoms with van der Waals surface area (Å²) < 4.78 is 5.52. The highest BCUT2D eigenvalue weighted by Crippen LogP contribution is 2.36. The molecule has 2 unspecified atom stereocenters. The third kappa shape index (κ3) is 3.83. The van der Waals surface area contributed by atoms with Gasteiger partial charge in [-0.05, 0) is 57.7 Å². The SMILES string of the molecule is COc1ccc(C)cc1CN(C)C(C)c1nc2sc3c(c2c(=O)[nH]1)CCC(C)C3. The minimum atomic E-state index is -0.0182. The zero-order valence-electron chi connectivity index (χ0n) is 17.8. The van der Waals surface area contributed by atoms with Gasteiger partial charge in [0.05, 0.1) is 18.5 Å². The van der Waals surface area contributed by atoms with Crippen LogP contribution in [0.5, 0.6) is 5.75 Å². The van der Waals surface area contributed by atoms with Gasteiger partial charge in [-0.25, -0.2) is 4.98 Å². The van der Waals surface area contributed by atoms with Crippen LogP contribution < -0.4 is 10.3 Å². The Morgan fingerprint density at radius 2 is 2.21 bits per heavy atom. The fraction of sp³-hybridized carbons (Fsp3) is 0.478. The van der Waals surface area contributed by atoms with Gasteiger partial charge in [0.1, 0.15) is 16.4 Å². The molecule has 3 aromatic rings. The van der Waals surface area contributed by atoms with Crippen LogP contribution in [-0.2, 0) is 19.4 Å². The number of rotatable bonds is 5. The van der Waals surface area contributed by atoms with E-state index in [9.17, 15) is 4.79 Å². The highest BCUT2D eigenvalue weighted by molar-refractivity contribution is 7.18. The van der Waals surface area contributed by atoms with Gasteiger partial charge in [0, 0.05) is 17.0 Å². The minimum Gasteiger partial charge on any atom is -0.496 e. The maximum atomic E-state index is 12.9. The van der Waals surface area contributed by atoms with Crippen molar-refractivity contribution in [2.45, 2.75) is 52.6 Å². The van der Waals surface area contributed by atoms with Gasteiger partial charge in [-0.3, -0.25) is 9.69 Å². The summed E-state index contributed by atoms with van der Waals surface area (Å²) in [4.78, 5) is 25.3. The van der Waals surface area contributed by atoms with Crippen molar-refractivity contribution in [2.75, 3.05) is 14.2 Å². The molecule has 0 fully saturated rings. The maximum absolute atomic E-state index is 12.9. The van der Waals surface area contributed by atoms with Crippen LogP contribution in [0.4, 0.5) is 0 Å². The van der Waals surface area contributed by atoms with Gasteiger partial charge in [0.2, 0.25) is 0 Å². The van der Waals surface area contributed by atoms with Crippen LogP contribution >= 0.6 is 11.3 Å². The average Bonchev–Trinajstić information content (AvgIpc) is 3.05. The highest BCUT2D eigenvalue weighted by atomic mass is 32.1. The lowest BCUT2D eigenvalue weighted by Crippen LogP contribution is -2.26. The number of aromatic amines is 1. The van der Waals surface area contributed by atoms with Crippen LogP contribution in [0.2, 0.25) is 0 Å². The molecule has 0 saturated heterocycles. The summed E-state index contributed by atoms with van der Waals surface area (Å²) in [6.45, 7) is 7.17. The number of aromatic nitrogens is 2. The molecular weight excluding hydrogens is 382 g/mol. The first kappa shape index (κ1) is 20.1. The van der Waals surface area contributed by atoms with E-state index in [2.05, 4.69) is 49.8 Å². The fourth-order valence-electron chi connectivity index (χ4n) is 4.21. The molecule has 6 heteroatoms. The molecule has 0 spiro atoms. The van der Waals surface area contributed by atoms with Crippen LogP contribution in [0.25, 0.3) is 10.2 Å². The lowest BCUT2D eigenvalue weighted by Gasteiger charge is -2.25. The average molecular weight is 412 g/mol. The molecule has 29 heavy (non-hydrogen) atoms. The summed E-state index contributed by atoms with van der Waals surface area (Å²) in [5.74, 6) is 2.29. The van der Waals surface area contributed by atoms with Crippen LogP contribution in [0.1, 0.15) is 53.7 Å². The van der Waals surface area contributed by atoms with E-state index in [-0.39, 0.29) is 11.6 Å². The first-order valence-corrected chi connectivity index (χ1v) is 11.1. The third-order valence-electron chi connectivity index (χ3n) is 6.10. The molecule has 154 valence electrons. The van der Waals surface area contributed by atoms with Gasteiger partial charge >= 0.3 is 0 Å². The standard InChI is InChI=1S/C23H29N3O2S/c1-13-7-9-18(28-5)16(10-13)12-26(4)15(3)21-24-22(27)20-17-8-6-14(2)11-19(17)29-23(20)25-21/h7,9-10,14-15H,6,8,11-12H2,1-5H3,(H,24,25,27). The minimum absolute atomic E-state index is 0.00504. The molecular formula is C23H29N3O2S. The third-order valence-corrected chi connectivity index (χ3v) is 7.24. The Balaban J connectivity index is 1.64. The predicted octanol–water partition coefficient (Wildman–Crippen LogP) is 4.62. The van der Waals surface area contributed by atoms with Crippen molar-refractivity contribution in [3.8, 4) is 5.75 Å². The number of nitrogens with one attached hydrogen (secondary N) is 1. The lowest BCUT2D eigenvalue weighted by molar-refractivity contribution is 0.240. The number of aryl methyl sites for hydroxylation is 2. The summed E-state index contributed by atoms with van der Waals surface area (Å²) >= 11 is 1.70. The number of ether oxygens (including phenoxy) is 1. The van der Waals surface area contributed by atoms with Crippen LogP contribution in [-0.4, -0.2) is 29.0 Å². The molecule has 2 aromatic heterocycles. The second kappa shape index (κ2) is 7.92. The second-order valence-electron chi connectivity index (χ2n) is 8.39. The van der Waals surface area contributed by atoms with E-state index >= 15 is 0 Å². The number of nitrogens with zero attached hydrogens (tertiary/aromatic N) is 2. The molecule has 1 aliphatic carbocycles. The van der Waals surface area contributed by atoms with Gasteiger partial charge in [-0.1, -0.05) is 24.6 Å². The summed E-state index contributed by atoms with van der Waals surface area (Å²) in [5, 5.41) is 0.816. The van der Waals surface area contributed by atoms with E-state index in [4.69, 9.17) is 9.72 Å². The van der Waals surface area contributed by atoms with E-state index in [0.717, 1.165) is 46.6 Å². The number of thiophene rings is 1. The first-order valence-electron chi connectivity index (χ1n) is 10.3. The zero-order valence-corrected chi connectivity index (χ0v) is 18.7. The Bertz CT molecular complexity index is 1100. The molecule has 0 radical (unpaired) electrons. The number of methoxy groups -OCH3 is 1. The normalized spacial score (nSPS) is 17.5. The Kier molecular flexibility index (Phi) is 5.49. The van der Waals surface area contributed by atoms with Gasteiger partial charge < -0.3 is 9.72 Å². The van der Waals surface area contributed by atoms with Gasteiger partial charge in [0.25, 0.3) is 5.56 Å². The summed E-state index contributed by atoms with van der Waals surface area (Å²) in [6, 6.07) is 6.19. The largest absolute Gasteiger partial charge is 0.496 e. The second-order valence-corrected chi connectivity index (χ2v) is 9.47. The highest BCUT2D eigenvalue weighted by Gasteiger charge is 2.24. The van der Waals surface area contributed by atoms with Crippen molar-refractivity contribution in [1.82, 2.24) is 14.9 Å². The van der Waals surface area contributed by atoms with Crippen molar-refractivity contribution in [1.29, 1.82) is 0 Å². The van der Waals surface area contributed by atoms with Crippen molar-refractivity contribution < 1.29 is 4.74 Å². The molecule has 5 nitrogen and oxygen atoms in total. The molecule has 0 bridgehead atoms. The quantitative estimate of drug-likeness (QED) is 0.666. The Morgan fingerprint density at radius 3 is 2.97 bits per heavy atom. The summed E-state index contributed by atoms with van der Waals surface area (Å²) in [6.07, 6.45) is 3.20. The number of H-pyrrole nitrogens is 1. The summed E-state index contributed by atoms with van der Waals surface area (Å²) in [7, 11) is 3.75. The van der Waals surface area contributed by atoms with Crippen molar-refractivity contribution in [2.24, 2.45) is 5.92 Å².